The van der Waals surface area contributed by atoms with Gasteiger partial charge in [0.2, 0.25) is 0 Å². The fraction of sp³-hybridized carbons (Fsp3) is 0.0492. The van der Waals surface area contributed by atoms with Crippen LogP contribution in [0.15, 0.2) is 224 Å². The van der Waals surface area contributed by atoms with E-state index in [0.717, 1.165) is 17.1 Å². The molecule has 0 radical (unpaired) electrons. The maximum atomic E-state index is 2.50. The third-order valence-electron chi connectivity index (χ3n) is 13.4. The average Bonchev–Trinajstić information content (AvgIpc) is 3.57. The second-order valence-electron chi connectivity index (χ2n) is 17.3. The lowest BCUT2D eigenvalue weighted by molar-refractivity contribution is 0.660. The van der Waals surface area contributed by atoms with Crippen molar-refractivity contribution >= 4 is 60.2 Å². The molecule has 0 atom stereocenters. The van der Waals surface area contributed by atoms with Gasteiger partial charge in [-0.1, -0.05) is 196 Å². The third kappa shape index (κ3) is 5.77. The summed E-state index contributed by atoms with van der Waals surface area (Å²) in [6, 6.07) is 83.2. The Hall–Kier alpha value is -7.74. The molecule has 62 heavy (non-hydrogen) atoms. The molecule has 0 fully saturated rings. The largest absolute Gasteiger partial charge is 0.310 e. The Morgan fingerprint density at radius 2 is 0.790 bits per heavy atom. The van der Waals surface area contributed by atoms with Gasteiger partial charge in [-0.3, -0.25) is 0 Å². The predicted molar refractivity (Wildman–Crippen MR) is 265 cm³/mol. The predicted octanol–water partition coefficient (Wildman–Crippen LogP) is 17.1. The monoisotopic (exact) mass is 789 g/mol. The first kappa shape index (κ1) is 36.1. The molecule has 0 spiro atoms. The molecule has 0 aromatic heterocycles. The number of hydrogen-bond donors (Lipinski definition) is 0. The van der Waals surface area contributed by atoms with Crippen LogP contribution in [0.4, 0.5) is 17.1 Å². The van der Waals surface area contributed by atoms with Crippen LogP contribution in [0.3, 0.4) is 0 Å². The van der Waals surface area contributed by atoms with E-state index in [1.807, 2.05) is 0 Å². The first-order valence-electron chi connectivity index (χ1n) is 21.7. The minimum atomic E-state index is -0.148. The Morgan fingerprint density at radius 1 is 0.290 bits per heavy atom. The summed E-state index contributed by atoms with van der Waals surface area (Å²) in [6.07, 6.45) is 0. The molecule has 11 aromatic carbocycles. The van der Waals surface area contributed by atoms with E-state index in [0.29, 0.717) is 0 Å². The first-order valence-corrected chi connectivity index (χ1v) is 21.7. The van der Waals surface area contributed by atoms with Gasteiger partial charge in [-0.15, -0.1) is 0 Å². The van der Waals surface area contributed by atoms with Gasteiger partial charge in [0.05, 0.1) is 5.69 Å². The number of rotatable bonds is 6. The smallest absolute Gasteiger partial charge is 0.0546 e. The molecule has 1 heteroatoms. The topological polar surface area (TPSA) is 3.24 Å². The van der Waals surface area contributed by atoms with Gasteiger partial charge in [0.1, 0.15) is 0 Å². The molecular formula is C61H43N. The van der Waals surface area contributed by atoms with Crippen molar-refractivity contribution in [3.8, 4) is 44.5 Å². The molecule has 0 N–H and O–H groups in total. The van der Waals surface area contributed by atoms with Gasteiger partial charge in [-0.05, 0) is 136 Å². The third-order valence-corrected chi connectivity index (χ3v) is 13.4. The highest BCUT2D eigenvalue weighted by molar-refractivity contribution is 6.26. The van der Waals surface area contributed by atoms with Crippen molar-refractivity contribution in [3.05, 3.63) is 236 Å². The Kier molecular flexibility index (Phi) is 8.27. The minimum Gasteiger partial charge on any atom is -0.310 e. The van der Waals surface area contributed by atoms with Crippen molar-refractivity contribution in [2.75, 3.05) is 4.90 Å². The van der Waals surface area contributed by atoms with Crippen molar-refractivity contribution in [1.29, 1.82) is 0 Å². The Labute approximate surface area is 362 Å². The summed E-state index contributed by atoms with van der Waals surface area (Å²) >= 11 is 0. The van der Waals surface area contributed by atoms with E-state index in [-0.39, 0.29) is 5.41 Å². The summed E-state index contributed by atoms with van der Waals surface area (Å²) in [6.45, 7) is 4.74. The van der Waals surface area contributed by atoms with E-state index in [9.17, 15) is 0 Å². The Bertz CT molecular complexity index is 3520. The summed E-state index contributed by atoms with van der Waals surface area (Å²) in [5.41, 5.74) is 15.8. The van der Waals surface area contributed by atoms with Crippen LogP contribution >= 0.6 is 0 Å². The molecular weight excluding hydrogens is 747 g/mol. The molecule has 0 unspecified atom stereocenters. The summed E-state index contributed by atoms with van der Waals surface area (Å²) < 4.78 is 0. The van der Waals surface area contributed by atoms with Crippen LogP contribution in [0.25, 0.3) is 87.6 Å². The molecule has 11 aromatic rings. The van der Waals surface area contributed by atoms with Crippen molar-refractivity contribution in [2.45, 2.75) is 19.3 Å². The van der Waals surface area contributed by atoms with Crippen molar-refractivity contribution in [1.82, 2.24) is 0 Å². The van der Waals surface area contributed by atoms with Gasteiger partial charge in [0.25, 0.3) is 0 Å². The number of hydrogen-bond acceptors (Lipinski definition) is 1. The van der Waals surface area contributed by atoms with E-state index in [1.165, 1.54) is 98.7 Å². The van der Waals surface area contributed by atoms with Crippen molar-refractivity contribution in [2.24, 2.45) is 0 Å². The first-order chi connectivity index (χ1) is 30.5. The fourth-order valence-corrected chi connectivity index (χ4v) is 10.3. The van der Waals surface area contributed by atoms with E-state index < -0.39 is 0 Å². The van der Waals surface area contributed by atoms with E-state index in [4.69, 9.17) is 0 Å². The van der Waals surface area contributed by atoms with Gasteiger partial charge in [0.15, 0.2) is 0 Å². The molecule has 1 aliphatic rings. The quantitative estimate of drug-likeness (QED) is 0.152. The lowest BCUT2D eigenvalue weighted by atomic mass is 9.82. The van der Waals surface area contributed by atoms with Crippen LogP contribution in [0.5, 0.6) is 0 Å². The molecule has 12 rings (SSSR count). The maximum absolute atomic E-state index is 2.50. The number of fused-ring (bicyclic) bond motifs is 10. The Morgan fingerprint density at radius 3 is 1.52 bits per heavy atom. The van der Waals surface area contributed by atoms with Crippen LogP contribution in [0.1, 0.15) is 25.0 Å². The molecule has 1 aliphatic carbocycles. The summed E-state index contributed by atoms with van der Waals surface area (Å²) in [5.74, 6) is 0. The molecule has 0 saturated heterocycles. The fourth-order valence-electron chi connectivity index (χ4n) is 10.3. The second-order valence-corrected chi connectivity index (χ2v) is 17.3. The summed E-state index contributed by atoms with van der Waals surface area (Å²) in [4.78, 5) is 2.50. The zero-order valence-electron chi connectivity index (χ0n) is 34.8. The number of nitrogens with zero attached hydrogens (tertiary/aromatic N) is 1. The highest BCUT2D eigenvalue weighted by Gasteiger charge is 2.36. The van der Waals surface area contributed by atoms with Crippen LogP contribution in [0, 0.1) is 0 Å². The zero-order chi connectivity index (χ0) is 41.4. The maximum Gasteiger partial charge on any atom is 0.0546 e. The normalized spacial score (nSPS) is 12.8. The molecule has 0 amide bonds. The summed E-state index contributed by atoms with van der Waals surface area (Å²) in [5, 5.41) is 10.1. The van der Waals surface area contributed by atoms with Gasteiger partial charge in [-0.2, -0.15) is 0 Å². The van der Waals surface area contributed by atoms with Gasteiger partial charge >= 0.3 is 0 Å². The van der Waals surface area contributed by atoms with Crippen LogP contribution < -0.4 is 4.90 Å². The lowest BCUT2D eigenvalue weighted by Gasteiger charge is -2.30. The molecule has 0 aliphatic heterocycles. The molecule has 1 nitrogen and oxygen atoms in total. The highest BCUT2D eigenvalue weighted by atomic mass is 15.1. The molecule has 0 bridgehead atoms. The van der Waals surface area contributed by atoms with Crippen molar-refractivity contribution < 1.29 is 0 Å². The van der Waals surface area contributed by atoms with Gasteiger partial charge in [0, 0.05) is 22.4 Å². The van der Waals surface area contributed by atoms with Gasteiger partial charge in [-0.25, -0.2) is 0 Å². The SMILES string of the molecule is CC1(C)c2ccccc2-c2ccc(N(c3ccc(-c4ccccc4)cc3)c3cc4c5ccccc5c5ccccc5c4cc3-c3ccc(-c4ccc5ccccc5c4)cc3)cc21. The lowest BCUT2D eigenvalue weighted by Crippen LogP contribution is -2.17. The van der Waals surface area contributed by atoms with E-state index in [1.54, 1.807) is 0 Å². The number of benzene rings is 11. The second kappa shape index (κ2) is 14.2. The van der Waals surface area contributed by atoms with Crippen LogP contribution in [-0.4, -0.2) is 0 Å². The molecule has 292 valence electrons. The van der Waals surface area contributed by atoms with Crippen LogP contribution in [-0.2, 0) is 5.41 Å². The van der Waals surface area contributed by atoms with Crippen LogP contribution in [0.2, 0.25) is 0 Å². The molecule has 0 saturated carbocycles. The summed E-state index contributed by atoms with van der Waals surface area (Å²) in [7, 11) is 0. The highest BCUT2D eigenvalue weighted by Crippen LogP contribution is 2.52. The number of anilines is 3. The average molecular weight is 790 g/mol. The standard InChI is InChI=1S/C61H43N/c1-61(2)58-23-13-12-22-53(58)54-35-34-48(37-59(54)61)62(47-32-30-42(31-33-47)40-14-4-3-5-15-40)60-39-57-52-21-11-9-19-50(52)49-18-8-10-20-51(49)56(57)38-55(60)44-27-24-43(25-28-44)46-29-26-41-16-6-7-17-45(41)36-46/h3-39H,1-2H3. The van der Waals surface area contributed by atoms with Crippen molar-refractivity contribution in [3.63, 3.8) is 0 Å². The Balaban J connectivity index is 1.12. The van der Waals surface area contributed by atoms with Gasteiger partial charge < -0.3 is 4.90 Å². The minimum absolute atomic E-state index is 0.148. The zero-order valence-corrected chi connectivity index (χ0v) is 34.8. The van der Waals surface area contributed by atoms with E-state index in [2.05, 4.69) is 243 Å². The molecule has 0 heterocycles. The van der Waals surface area contributed by atoms with E-state index >= 15 is 0 Å².